The fourth-order valence-electron chi connectivity index (χ4n) is 3.35. The Hall–Kier alpha value is -2.18. The van der Waals surface area contributed by atoms with Gasteiger partial charge in [0.05, 0.1) is 31.5 Å². The van der Waals surface area contributed by atoms with Crippen molar-refractivity contribution in [1.29, 1.82) is 0 Å². The Balaban J connectivity index is 1.38. The molecule has 24 heavy (non-hydrogen) atoms. The molecule has 2 fully saturated rings. The molecule has 0 saturated carbocycles. The monoisotopic (exact) mass is 327 g/mol. The van der Waals surface area contributed by atoms with Gasteiger partial charge < -0.3 is 14.4 Å². The summed E-state index contributed by atoms with van der Waals surface area (Å²) in [5, 5.41) is 4.32. The molecule has 2 saturated heterocycles. The molecular formula is C18H21N3O3. The van der Waals surface area contributed by atoms with Gasteiger partial charge in [0.25, 0.3) is 5.91 Å². The summed E-state index contributed by atoms with van der Waals surface area (Å²) in [5.41, 5.74) is 1.80. The Morgan fingerprint density at radius 3 is 2.54 bits per heavy atom. The maximum Gasteiger partial charge on any atom is 0.257 e. The van der Waals surface area contributed by atoms with Crippen LogP contribution in [0.3, 0.4) is 0 Å². The van der Waals surface area contributed by atoms with Crippen LogP contribution in [0.4, 0.5) is 0 Å². The number of hydrogen-bond donors (Lipinski definition) is 0. The van der Waals surface area contributed by atoms with Crippen LogP contribution in [0.2, 0.25) is 0 Å². The molecule has 0 unspecified atom stereocenters. The lowest BCUT2D eigenvalue weighted by Crippen LogP contribution is -2.47. The molecule has 2 aliphatic heterocycles. The van der Waals surface area contributed by atoms with E-state index in [9.17, 15) is 4.79 Å². The number of amides is 1. The van der Waals surface area contributed by atoms with Gasteiger partial charge in [0.15, 0.2) is 5.79 Å². The van der Waals surface area contributed by atoms with Gasteiger partial charge >= 0.3 is 0 Å². The first-order valence-electron chi connectivity index (χ1n) is 8.38. The van der Waals surface area contributed by atoms with Crippen LogP contribution < -0.4 is 0 Å². The molecule has 6 heteroatoms. The van der Waals surface area contributed by atoms with Gasteiger partial charge in [0.2, 0.25) is 0 Å². The van der Waals surface area contributed by atoms with E-state index >= 15 is 0 Å². The van der Waals surface area contributed by atoms with Gasteiger partial charge in [-0.1, -0.05) is 30.3 Å². The quantitative estimate of drug-likeness (QED) is 0.864. The lowest BCUT2D eigenvalue weighted by atomic mass is 10.0. The Morgan fingerprint density at radius 1 is 1.12 bits per heavy atom. The topological polar surface area (TPSA) is 56.6 Å². The van der Waals surface area contributed by atoms with Gasteiger partial charge in [-0.25, -0.2) is 0 Å². The van der Waals surface area contributed by atoms with Gasteiger partial charge in [-0.15, -0.1) is 0 Å². The van der Waals surface area contributed by atoms with E-state index in [1.165, 1.54) is 0 Å². The van der Waals surface area contributed by atoms with E-state index in [1.807, 2.05) is 29.3 Å². The van der Waals surface area contributed by atoms with Crippen LogP contribution in [-0.2, 0) is 16.0 Å². The van der Waals surface area contributed by atoms with Crippen LogP contribution in [0.1, 0.15) is 28.8 Å². The number of nitrogens with zero attached hydrogens (tertiary/aromatic N) is 3. The Labute approximate surface area is 141 Å². The first-order chi connectivity index (χ1) is 11.7. The summed E-state index contributed by atoms with van der Waals surface area (Å²) < 4.78 is 13.2. The Kier molecular flexibility index (Phi) is 4.08. The molecule has 1 amide bonds. The zero-order chi connectivity index (χ0) is 16.4. The number of carbonyl (C=O) groups excluding carboxylic acids is 1. The molecular weight excluding hydrogens is 306 g/mol. The van der Waals surface area contributed by atoms with Gasteiger partial charge in [-0.3, -0.25) is 9.48 Å². The summed E-state index contributed by atoms with van der Waals surface area (Å²) >= 11 is 0. The molecule has 0 atom stereocenters. The number of carbonyl (C=O) groups is 1. The largest absolute Gasteiger partial charge is 0.347 e. The van der Waals surface area contributed by atoms with Gasteiger partial charge in [0.1, 0.15) is 0 Å². The standard InChI is InChI=1S/C18H21N3O3/c22-17(20-8-6-18(7-9-20)23-10-11-24-18)16-12-19-21(14-16)13-15-4-2-1-3-5-15/h1-5,12,14H,6-11,13H2. The number of aromatic nitrogens is 2. The summed E-state index contributed by atoms with van der Waals surface area (Å²) in [4.78, 5) is 14.5. The number of piperidine rings is 1. The third-order valence-electron chi connectivity index (χ3n) is 4.69. The number of hydrogen-bond acceptors (Lipinski definition) is 4. The summed E-state index contributed by atoms with van der Waals surface area (Å²) in [6, 6.07) is 10.1. The summed E-state index contributed by atoms with van der Waals surface area (Å²) in [6.45, 7) is 3.28. The van der Waals surface area contributed by atoms with Crippen molar-refractivity contribution in [2.45, 2.75) is 25.2 Å². The summed E-state index contributed by atoms with van der Waals surface area (Å²) in [5.74, 6) is -0.420. The van der Waals surface area contributed by atoms with Crippen molar-refractivity contribution in [3.8, 4) is 0 Å². The van der Waals surface area contributed by atoms with Crippen LogP contribution in [-0.4, -0.2) is 52.7 Å². The fraction of sp³-hybridized carbons (Fsp3) is 0.444. The first-order valence-corrected chi connectivity index (χ1v) is 8.38. The van der Waals surface area contributed by atoms with Crippen LogP contribution >= 0.6 is 0 Å². The highest BCUT2D eigenvalue weighted by Crippen LogP contribution is 2.31. The second kappa shape index (κ2) is 6.37. The second-order valence-electron chi connectivity index (χ2n) is 6.31. The predicted octanol–water partition coefficient (Wildman–Crippen LogP) is 1.91. The number of benzene rings is 1. The highest BCUT2D eigenvalue weighted by molar-refractivity contribution is 5.93. The van der Waals surface area contributed by atoms with Gasteiger partial charge in [-0.2, -0.15) is 5.10 Å². The van der Waals surface area contributed by atoms with Crippen molar-refractivity contribution in [3.05, 3.63) is 53.9 Å². The number of ether oxygens (including phenoxy) is 2. The minimum Gasteiger partial charge on any atom is -0.347 e. The van der Waals surface area contributed by atoms with Gasteiger partial charge in [-0.05, 0) is 5.56 Å². The highest BCUT2D eigenvalue weighted by atomic mass is 16.7. The summed E-state index contributed by atoms with van der Waals surface area (Å²) in [7, 11) is 0. The highest BCUT2D eigenvalue weighted by Gasteiger charge is 2.40. The van der Waals surface area contributed by atoms with Crippen molar-refractivity contribution in [3.63, 3.8) is 0 Å². The normalized spacial score (nSPS) is 19.8. The fourth-order valence-corrected chi connectivity index (χ4v) is 3.35. The molecule has 0 radical (unpaired) electrons. The van der Waals surface area contributed by atoms with Crippen LogP contribution in [0, 0.1) is 0 Å². The molecule has 0 N–H and O–H groups in total. The molecule has 2 aliphatic rings. The van der Waals surface area contributed by atoms with E-state index in [4.69, 9.17) is 9.47 Å². The molecule has 2 aromatic rings. The number of likely N-dealkylation sites (tertiary alicyclic amines) is 1. The zero-order valence-corrected chi connectivity index (χ0v) is 13.6. The maximum atomic E-state index is 12.7. The minimum atomic E-state index is -0.450. The molecule has 0 bridgehead atoms. The molecule has 0 aliphatic carbocycles. The van der Waals surface area contributed by atoms with Crippen LogP contribution in [0.15, 0.2) is 42.7 Å². The van der Waals surface area contributed by atoms with Crippen molar-refractivity contribution in [2.75, 3.05) is 26.3 Å². The van der Waals surface area contributed by atoms with E-state index in [2.05, 4.69) is 17.2 Å². The summed E-state index contributed by atoms with van der Waals surface area (Å²) in [6.07, 6.45) is 4.94. The van der Waals surface area contributed by atoms with E-state index in [-0.39, 0.29) is 5.91 Å². The average Bonchev–Trinajstić information content (AvgIpc) is 3.26. The molecule has 126 valence electrons. The van der Waals surface area contributed by atoms with Crippen LogP contribution in [0.25, 0.3) is 0 Å². The molecule has 6 nitrogen and oxygen atoms in total. The maximum absolute atomic E-state index is 12.7. The molecule has 1 spiro atoms. The first kappa shape index (κ1) is 15.4. The van der Waals surface area contributed by atoms with E-state index in [1.54, 1.807) is 10.9 Å². The molecule has 3 heterocycles. The zero-order valence-electron chi connectivity index (χ0n) is 13.6. The van der Waals surface area contributed by atoms with Crippen molar-refractivity contribution < 1.29 is 14.3 Å². The Morgan fingerprint density at radius 2 is 1.83 bits per heavy atom. The van der Waals surface area contributed by atoms with Crippen molar-refractivity contribution in [1.82, 2.24) is 14.7 Å². The minimum absolute atomic E-state index is 0.0298. The molecule has 4 rings (SSSR count). The van der Waals surface area contributed by atoms with Gasteiger partial charge in [0, 0.05) is 32.1 Å². The molecule has 1 aromatic carbocycles. The van der Waals surface area contributed by atoms with Crippen LogP contribution in [0.5, 0.6) is 0 Å². The third kappa shape index (κ3) is 3.07. The number of rotatable bonds is 3. The van der Waals surface area contributed by atoms with Crippen molar-refractivity contribution in [2.24, 2.45) is 0 Å². The van der Waals surface area contributed by atoms with E-state index in [0.29, 0.717) is 38.4 Å². The smallest absolute Gasteiger partial charge is 0.257 e. The second-order valence-corrected chi connectivity index (χ2v) is 6.31. The lowest BCUT2D eigenvalue weighted by molar-refractivity contribution is -0.181. The van der Waals surface area contributed by atoms with E-state index < -0.39 is 5.79 Å². The average molecular weight is 327 g/mol. The molecule has 1 aromatic heterocycles. The lowest BCUT2D eigenvalue weighted by Gasteiger charge is -2.37. The van der Waals surface area contributed by atoms with E-state index in [0.717, 1.165) is 18.4 Å². The Bertz CT molecular complexity index is 697. The predicted molar refractivity (Wildman–Crippen MR) is 87.5 cm³/mol. The van der Waals surface area contributed by atoms with Crippen molar-refractivity contribution >= 4 is 5.91 Å². The SMILES string of the molecule is O=C(c1cnn(Cc2ccccc2)c1)N1CCC2(CC1)OCCO2. The third-order valence-corrected chi connectivity index (χ3v) is 4.69.